The molecule has 0 radical (unpaired) electrons. The lowest BCUT2D eigenvalue weighted by Crippen LogP contribution is -2.45. The average molecular weight is 919 g/mol. The molecule has 8 nitrogen and oxygen atoms in total. The Kier molecular flexibility index (Phi) is 45.0. The predicted octanol–water partition coefficient (Wildman–Crippen LogP) is 15.1. The van der Waals surface area contributed by atoms with Gasteiger partial charge >= 0.3 is 0 Å². The number of carbonyl (C=O) groups excluding carboxylic acids is 1. The molecule has 0 heterocycles. The van der Waals surface area contributed by atoms with Crippen LogP contribution in [0.2, 0.25) is 0 Å². The Morgan fingerprint density at radius 1 is 0.562 bits per heavy atom. The summed E-state index contributed by atoms with van der Waals surface area (Å²) < 4.78 is 23.3. The second-order valence-corrected chi connectivity index (χ2v) is 20.6. The number of hydrogen-bond donors (Lipinski definition) is 2. The highest BCUT2D eigenvalue weighted by Gasteiger charge is 2.23. The van der Waals surface area contributed by atoms with E-state index in [-0.39, 0.29) is 19.1 Å². The number of likely N-dealkylation sites (N-methyl/N-ethyl adjacent to an activating group) is 1. The van der Waals surface area contributed by atoms with Crippen LogP contribution in [0.3, 0.4) is 0 Å². The Balaban J connectivity index is 4.31. The summed E-state index contributed by atoms with van der Waals surface area (Å²) in [4.78, 5) is 25.4. The number of quaternary nitrogens is 1. The zero-order valence-electron chi connectivity index (χ0n) is 42.5. The van der Waals surface area contributed by atoms with E-state index in [0.29, 0.717) is 17.4 Å². The molecular formula is C55H103N2O6P. The summed E-state index contributed by atoms with van der Waals surface area (Å²) in [5, 5.41) is 13.9. The van der Waals surface area contributed by atoms with Crippen molar-refractivity contribution in [3.63, 3.8) is 0 Å². The van der Waals surface area contributed by atoms with Crippen molar-refractivity contribution in [2.75, 3.05) is 40.9 Å². The van der Waals surface area contributed by atoms with Gasteiger partial charge in [0, 0.05) is 6.42 Å². The van der Waals surface area contributed by atoms with E-state index in [9.17, 15) is 19.4 Å². The van der Waals surface area contributed by atoms with Crippen LogP contribution in [0.15, 0.2) is 60.8 Å². The lowest BCUT2D eigenvalue weighted by Gasteiger charge is -2.29. The van der Waals surface area contributed by atoms with Crippen LogP contribution < -0.4 is 10.2 Å². The van der Waals surface area contributed by atoms with Gasteiger partial charge in [-0.15, -0.1) is 0 Å². The molecule has 0 rings (SSSR count). The molecule has 0 aliphatic carbocycles. The molecule has 9 heteroatoms. The monoisotopic (exact) mass is 919 g/mol. The quantitative estimate of drug-likeness (QED) is 0.0272. The maximum atomic E-state index is 12.9. The van der Waals surface area contributed by atoms with Crippen molar-refractivity contribution in [2.24, 2.45) is 0 Å². The van der Waals surface area contributed by atoms with Crippen molar-refractivity contribution < 1.29 is 32.9 Å². The molecule has 0 aromatic heterocycles. The van der Waals surface area contributed by atoms with Gasteiger partial charge in [-0.05, 0) is 57.8 Å². The molecule has 0 saturated carbocycles. The number of hydrogen-bond acceptors (Lipinski definition) is 6. The Morgan fingerprint density at radius 3 is 1.39 bits per heavy atom. The third-order valence-electron chi connectivity index (χ3n) is 11.7. The van der Waals surface area contributed by atoms with Crippen molar-refractivity contribution in [3.05, 3.63) is 60.8 Å². The first-order valence-corrected chi connectivity index (χ1v) is 28.1. The van der Waals surface area contributed by atoms with Crippen LogP contribution in [-0.2, 0) is 18.4 Å². The number of nitrogens with one attached hydrogen (secondary N) is 1. The first-order valence-electron chi connectivity index (χ1n) is 26.7. The summed E-state index contributed by atoms with van der Waals surface area (Å²) >= 11 is 0. The van der Waals surface area contributed by atoms with Crippen LogP contribution in [0.5, 0.6) is 0 Å². The number of amides is 1. The largest absolute Gasteiger partial charge is 0.756 e. The van der Waals surface area contributed by atoms with Gasteiger partial charge in [0.1, 0.15) is 13.2 Å². The summed E-state index contributed by atoms with van der Waals surface area (Å²) in [5.41, 5.74) is 0. The van der Waals surface area contributed by atoms with Crippen LogP contribution in [-0.4, -0.2) is 68.5 Å². The van der Waals surface area contributed by atoms with E-state index in [2.05, 4.69) is 67.8 Å². The minimum Gasteiger partial charge on any atom is -0.756 e. The van der Waals surface area contributed by atoms with Crippen LogP contribution in [0.4, 0.5) is 0 Å². The zero-order valence-corrected chi connectivity index (χ0v) is 43.4. The molecule has 1 amide bonds. The van der Waals surface area contributed by atoms with E-state index in [1.165, 1.54) is 135 Å². The topological polar surface area (TPSA) is 108 Å². The third kappa shape index (κ3) is 48.1. The van der Waals surface area contributed by atoms with Gasteiger partial charge in [-0.2, -0.15) is 0 Å². The second-order valence-electron chi connectivity index (χ2n) is 19.2. The van der Waals surface area contributed by atoms with Gasteiger partial charge in [0.25, 0.3) is 7.82 Å². The van der Waals surface area contributed by atoms with Gasteiger partial charge in [-0.1, -0.05) is 229 Å². The van der Waals surface area contributed by atoms with E-state index in [1.807, 2.05) is 27.2 Å². The molecule has 0 aromatic carbocycles. The molecule has 374 valence electrons. The first-order chi connectivity index (χ1) is 31.0. The van der Waals surface area contributed by atoms with E-state index in [4.69, 9.17) is 9.05 Å². The number of aliphatic hydroxyl groups excluding tert-OH is 1. The number of carbonyl (C=O) groups is 1. The number of nitrogens with zero attached hydrogens (tertiary/aromatic N) is 1. The van der Waals surface area contributed by atoms with Crippen molar-refractivity contribution >= 4 is 13.7 Å². The summed E-state index contributed by atoms with van der Waals surface area (Å²) in [6, 6.07) is -0.897. The zero-order chi connectivity index (χ0) is 47.1. The van der Waals surface area contributed by atoms with Crippen molar-refractivity contribution in [2.45, 2.75) is 244 Å². The normalized spacial score (nSPS) is 14.5. The van der Waals surface area contributed by atoms with Gasteiger partial charge in [0.2, 0.25) is 5.91 Å². The fourth-order valence-electron chi connectivity index (χ4n) is 7.56. The molecule has 3 unspecified atom stereocenters. The van der Waals surface area contributed by atoms with Crippen LogP contribution in [0.25, 0.3) is 0 Å². The highest BCUT2D eigenvalue weighted by molar-refractivity contribution is 7.45. The molecule has 0 fully saturated rings. The smallest absolute Gasteiger partial charge is 0.268 e. The summed E-state index contributed by atoms with van der Waals surface area (Å²) in [6.45, 7) is 4.54. The maximum Gasteiger partial charge on any atom is 0.268 e. The van der Waals surface area contributed by atoms with Crippen LogP contribution in [0.1, 0.15) is 232 Å². The molecule has 0 aromatic rings. The molecule has 0 spiro atoms. The maximum absolute atomic E-state index is 12.9. The van der Waals surface area contributed by atoms with Crippen LogP contribution >= 0.6 is 7.82 Å². The highest BCUT2D eigenvalue weighted by Crippen LogP contribution is 2.38. The second kappa shape index (κ2) is 46.3. The minimum atomic E-state index is -4.60. The van der Waals surface area contributed by atoms with E-state index < -0.39 is 20.0 Å². The van der Waals surface area contributed by atoms with E-state index >= 15 is 0 Å². The number of unbranched alkanes of at least 4 members (excludes halogenated alkanes) is 27. The van der Waals surface area contributed by atoms with Gasteiger partial charge in [0.05, 0.1) is 39.9 Å². The Hall–Kier alpha value is -1.80. The van der Waals surface area contributed by atoms with E-state index in [0.717, 1.165) is 77.0 Å². The molecule has 3 atom stereocenters. The Morgan fingerprint density at radius 2 is 0.953 bits per heavy atom. The number of aliphatic hydroxyl groups is 1. The summed E-state index contributed by atoms with van der Waals surface area (Å²) in [6.07, 6.45) is 61.4. The van der Waals surface area contributed by atoms with Crippen molar-refractivity contribution in [3.8, 4) is 0 Å². The van der Waals surface area contributed by atoms with E-state index in [1.54, 1.807) is 6.08 Å². The molecule has 0 saturated heterocycles. The minimum absolute atomic E-state index is 0.00625. The SMILES string of the molecule is CC/C=C\C/C=C\C/C=C\C/C=C\CCCCCCCCC(=O)NC(COP(=O)([O-])OCC[N+](C)(C)C)C(O)/C=C/CCCCCCCCCCCCCCCCCCCCCCC. The molecular weight excluding hydrogens is 816 g/mol. The fourth-order valence-corrected chi connectivity index (χ4v) is 8.28. The van der Waals surface area contributed by atoms with Gasteiger partial charge in [0.15, 0.2) is 0 Å². The molecule has 64 heavy (non-hydrogen) atoms. The fraction of sp³-hybridized carbons (Fsp3) is 0.800. The van der Waals surface area contributed by atoms with Crippen molar-refractivity contribution in [1.29, 1.82) is 0 Å². The molecule has 0 bridgehead atoms. The highest BCUT2D eigenvalue weighted by atomic mass is 31.2. The lowest BCUT2D eigenvalue weighted by atomic mass is 10.0. The van der Waals surface area contributed by atoms with Crippen molar-refractivity contribution in [1.82, 2.24) is 5.32 Å². The molecule has 0 aliphatic rings. The summed E-state index contributed by atoms with van der Waals surface area (Å²) in [5.74, 6) is -0.212. The molecule has 2 N–H and O–H groups in total. The number of phosphoric ester groups is 1. The Bertz CT molecular complexity index is 1230. The van der Waals surface area contributed by atoms with Gasteiger partial charge < -0.3 is 28.8 Å². The van der Waals surface area contributed by atoms with Gasteiger partial charge in [-0.25, -0.2) is 0 Å². The number of rotatable bonds is 48. The van der Waals surface area contributed by atoms with Crippen LogP contribution in [0, 0.1) is 0 Å². The Labute approximate surface area is 396 Å². The first kappa shape index (κ1) is 62.2. The van der Waals surface area contributed by atoms with Gasteiger partial charge in [-0.3, -0.25) is 9.36 Å². The number of phosphoric acid groups is 1. The molecule has 0 aliphatic heterocycles. The third-order valence-corrected chi connectivity index (χ3v) is 12.7. The lowest BCUT2D eigenvalue weighted by molar-refractivity contribution is -0.870. The standard InChI is InChI=1S/C55H103N2O6P/c1-6-8-10-12-14-16-18-20-22-24-26-27-28-29-31-32-34-36-38-40-42-44-46-48-54(58)53(52-63-64(60,61)62-51-50-57(3,4)5)56-55(59)49-47-45-43-41-39-37-35-33-30-25-23-21-19-17-15-13-11-9-7-2/h9,11,15,17,21,23,30,33,46,48,53-54,58H,6-8,10,12-14,16,18-20,22,24-29,31-32,34-45,47,49-52H2,1-5H3,(H-,56,59,60,61)/b11-9-,17-15-,23-21-,33-30-,48-46+. The number of allylic oxidation sites excluding steroid dienone is 9. The predicted molar refractivity (Wildman–Crippen MR) is 274 cm³/mol. The summed E-state index contributed by atoms with van der Waals surface area (Å²) in [7, 11) is 1.25. The average Bonchev–Trinajstić information content (AvgIpc) is 3.25.